The molecule has 0 bridgehead atoms. The minimum absolute atomic E-state index is 0.136. The number of carboxylic acids is 1. The molecule has 6 nitrogen and oxygen atoms in total. The summed E-state index contributed by atoms with van der Waals surface area (Å²) in [5, 5.41) is 10.0. The van der Waals surface area contributed by atoms with Crippen LogP contribution in [-0.4, -0.2) is 33.9 Å². The molecule has 1 aromatic heterocycles. The van der Waals surface area contributed by atoms with E-state index in [-0.39, 0.29) is 22.7 Å². The first-order valence-corrected chi connectivity index (χ1v) is 12.0. The number of aromatic nitrogens is 1. The summed E-state index contributed by atoms with van der Waals surface area (Å²) < 4.78 is 50.1. The average molecular weight is 566 g/mol. The van der Waals surface area contributed by atoms with Crippen LogP contribution in [0.3, 0.4) is 0 Å². The van der Waals surface area contributed by atoms with Gasteiger partial charge in [-0.15, -0.1) is 13.2 Å². The Kier molecular flexibility index (Phi) is 7.62. The van der Waals surface area contributed by atoms with Gasteiger partial charge < -0.3 is 19.1 Å². The summed E-state index contributed by atoms with van der Waals surface area (Å²) in [6, 6.07) is 14.8. The Hall–Kier alpha value is -3.69. The molecule has 0 amide bonds. The largest absolute Gasteiger partial charge is 0.573 e. The molecular formula is C27H20Cl2F3NO5. The van der Waals surface area contributed by atoms with Gasteiger partial charge >= 0.3 is 12.3 Å². The highest BCUT2D eigenvalue weighted by molar-refractivity contribution is 6.38. The Balaban J connectivity index is 1.83. The smallest absolute Gasteiger partial charge is 0.479 e. The third-order valence-electron chi connectivity index (χ3n) is 5.83. The molecule has 0 saturated carbocycles. The molecule has 11 heteroatoms. The fourth-order valence-corrected chi connectivity index (χ4v) is 4.60. The number of carbonyl (C=O) groups is 2. The summed E-state index contributed by atoms with van der Waals surface area (Å²) in [6.07, 6.45) is -5.99. The summed E-state index contributed by atoms with van der Waals surface area (Å²) in [6.45, 7) is 3.20. The van der Waals surface area contributed by atoms with E-state index in [9.17, 15) is 22.8 Å². The average Bonchev–Trinajstić information content (AvgIpc) is 3.08. The second-order valence-electron chi connectivity index (χ2n) is 8.47. The number of carbonyl (C=O) groups excluding carboxylic acids is 1. The zero-order valence-electron chi connectivity index (χ0n) is 20.0. The zero-order chi connectivity index (χ0) is 27.8. The van der Waals surface area contributed by atoms with E-state index in [2.05, 4.69) is 4.74 Å². The molecule has 0 aliphatic heterocycles. The highest BCUT2D eigenvalue weighted by Crippen LogP contribution is 2.35. The highest BCUT2D eigenvalue weighted by Gasteiger charge is 2.32. The first kappa shape index (κ1) is 27.3. The van der Waals surface area contributed by atoms with Crippen LogP contribution in [0.1, 0.15) is 34.1 Å². The van der Waals surface area contributed by atoms with Crippen molar-refractivity contribution in [2.75, 3.05) is 0 Å². The van der Waals surface area contributed by atoms with Crippen LogP contribution in [0.2, 0.25) is 10.0 Å². The number of rotatable bonds is 8. The van der Waals surface area contributed by atoms with Gasteiger partial charge in [-0.3, -0.25) is 4.79 Å². The van der Waals surface area contributed by atoms with E-state index in [1.54, 1.807) is 35.8 Å². The van der Waals surface area contributed by atoms with Gasteiger partial charge in [-0.2, -0.15) is 0 Å². The first-order valence-electron chi connectivity index (χ1n) is 11.2. The van der Waals surface area contributed by atoms with Crippen molar-refractivity contribution < 1.29 is 37.3 Å². The second kappa shape index (κ2) is 10.6. The van der Waals surface area contributed by atoms with Crippen LogP contribution in [0, 0.1) is 6.92 Å². The van der Waals surface area contributed by atoms with Crippen LogP contribution in [0.25, 0.3) is 10.9 Å². The maximum Gasteiger partial charge on any atom is 0.573 e. The fourth-order valence-electron chi connectivity index (χ4n) is 4.11. The fraction of sp³-hybridized carbons (Fsp3) is 0.185. The molecule has 0 saturated heterocycles. The molecule has 0 unspecified atom stereocenters. The Bertz CT molecular complexity index is 1550. The maximum atomic E-state index is 13.6. The molecule has 0 aliphatic rings. The molecule has 0 fully saturated rings. The van der Waals surface area contributed by atoms with Crippen molar-refractivity contribution in [1.29, 1.82) is 0 Å². The van der Waals surface area contributed by atoms with Crippen molar-refractivity contribution in [2.45, 2.75) is 32.9 Å². The number of benzene rings is 3. The number of ketones is 1. The number of nitrogens with zero attached hydrogens (tertiary/aromatic N) is 1. The lowest BCUT2D eigenvalue weighted by atomic mass is 10.0. The summed E-state index contributed by atoms with van der Waals surface area (Å²) in [5.74, 6) is -1.70. The molecule has 1 atom stereocenters. The number of aliphatic carboxylic acids is 1. The molecule has 198 valence electrons. The molecular weight excluding hydrogens is 546 g/mol. The number of ether oxygens (including phenoxy) is 2. The number of fused-ring (bicyclic) bond motifs is 1. The lowest BCUT2D eigenvalue weighted by Crippen LogP contribution is -2.22. The van der Waals surface area contributed by atoms with E-state index in [0.717, 1.165) is 6.07 Å². The van der Waals surface area contributed by atoms with Crippen LogP contribution >= 0.6 is 23.2 Å². The summed E-state index contributed by atoms with van der Waals surface area (Å²) >= 11 is 12.3. The lowest BCUT2D eigenvalue weighted by Gasteiger charge is -2.14. The normalized spacial score (nSPS) is 12.4. The van der Waals surface area contributed by atoms with Crippen molar-refractivity contribution in [3.63, 3.8) is 0 Å². The monoisotopic (exact) mass is 565 g/mol. The number of halogens is 5. The topological polar surface area (TPSA) is 77.8 Å². The van der Waals surface area contributed by atoms with Crippen LogP contribution in [-0.2, 0) is 11.3 Å². The maximum absolute atomic E-state index is 13.6. The van der Waals surface area contributed by atoms with Gasteiger partial charge in [-0.05, 0) is 61.9 Å². The van der Waals surface area contributed by atoms with E-state index in [4.69, 9.17) is 33.0 Å². The van der Waals surface area contributed by atoms with E-state index < -0.39 is 30.0 Å². The SMILES string of the molecule is Cc1c(C(=O)c2ccc(Cl)cc2Cl)c2ccc(OC(F)(F)F)cc2n1Cc1cccc(O[C@H](C)C(=O)O)c1. The van der Waals surface area contributed by atoms with Crippen LogP contribution in [0.4, 0.5) is 13.2 Å². The molecule has 3 aromatic carbocycles. The van der Waals surface area contributed by atoms with E-state index in [0.29, 0.717) is 32.9 Å². The van der Waals surface area contributed by atoms with Crippen molar-refractivity contribution in [3.05, 3.63) is 93.1 Å². The van der Waals surface area contributed by atoms with Crippen molar-refractivity contribution >= 4 is 45.9 Å². The minimum atomic E-state index is -4.90. The van der Waals surface area contributed by atoms with Crippen molar-refractivity contribution in [1.82, 2.24) is 4.57 Å². The number of hydrogen-bond acceptors (Lipinski definition) is 4. The number of alkyl halides is 3. The summed E-state index contributed by atoms with van der Waals surface area (Å²) in [5.41, 5.74) is 1.90. The van der Waals surface area contributed by atoms with Crippen molar-refractivity contribution in [2.24, 2.45) is 0 Å². The molecule has 0 spiro atoms. The predicted molar refractivity (Wildman–Crippen MR) is 137 cm³/mol. The Labute approximate surface area is 225 Å². The molecule has 1 N–H and O–H groups in total. The zero-order valence-corrected chi connectivity index (χ0v) is 21.5. The predicted octanol–water partition coefficient (Wildman–Crippen LogP) is 7.29. The number of hydrogen-bond donors (Lipinski definition) is 1. The van der Waals surface area contributed by atoms with Crippen LogP contribution in [0.5, 0.6) is 11.5 Å². The quantitative estimate of drug-likeness (QED) is 0.227. The third-order valence-corrected chi connectivity index (χ3v) is 6.38. The van der Waals surface area contributed by atoms with Gasteiger partial charge in [0.05, 0.1) is 16.1 Å². The summed E-state index contributed by atoms with van der Waals surface area (Å²) in [7, 11) is 0. The molecule has 4 rings (SSSR count). The Morgan fingerprint density at radius 3 is 2.42 bits per heavy atom. The Morgan fingerprint density at radius 1 is 1.03 bits per heavy atom. The Morgan fingerprint density at radius 2 is 1.76 bits per heavy atom. The van der Waals surface area contributed by atoms with Crippen LogP contribution < -0.4 is 9.47 Å². The minimum Gasteiger partial charge on any atom is -0.479 e. The van der Waals surface area contributed by atoms with Gasteiger partial charge in [0.25, 0.3) is 0 Å². The van der Waals surface area contributed by atoms with Gasteiger partial charge in [0.1, 0.15) is 11.5 Å². The van der Waals surface area contributed by atoms with Gasteiger partial charge in [0.2, 0.25) is 0 Å². The van der Waals surface area contributed by atoms with Gasteiger partial charge in [0, 0.05) is 34.3 Å². The lowest BCUT2D eigenvalue weighted by molar-refractivity contribution is -0.274. The van der Waals surface area contributed by atoms with Crippen LogP contribution in [0.15, 0.2) is 60.7 Å². The van der Waals surface area contributed by atoms with E-state index in [1.807, 2.05) is 0 Å². The summed E-state index contributed by atoms with van der Waals surface area (Å²) in [4.78, 5) is 24.8. The van der Waals surface area contributed by atoms with Gasteiger partial charge in [0.15, 0.2) is 11.9 Å². The molecule has 4 aromatic rings. The first-order chi connectivity index (χ1) is 17.8. The second-order valence-corrected chi connectivity index (χ2v) is 9.32. The molecule has 0 aliphatic carbocycles. The molecule has 1 heterocycles. The van der Waals surface area contributed by atoms with Gasteiger partial charge in [-0.1, -0.05) is 35.3 Å². The van der Waals surface area contributed by atoms with E-state index >= 15 is 0 Å². The number of carboxylic acid groups (broad SMARTS) is 1. The highest BCUT2D eigenvalue weighted by atomic mass is 35.5. The third kappa shape index (κ3) is 5.89. The molecule has 0 radical (unpaired) electrons. The standard InChI is InChI=1S/C27H20Cl2F3NO5/c1-14-24(25(34)20-8-6-17(28)11-22(20)29)21-9-7-19(38-27(30,31)32)12-23(21)33(14)13-16-4-3-5-18(10-16)37-15(2)26(35)36/h3-12,15H,13H2,1-2H3,(H,35,36)/t15-/m1/s1. The van der Waals surface area contributed by atoms with Gasteiger partial charge in [-0.25, -0.2) is 4.79 Å². The van der Waals surface area contributed by atoms with E-state index in [1.165, 1.54) is 37.3 Å². The van der Waals surface area contributed by atoms with Crippen molar-refractivity contribution in [3.8, 4) is 11.5 Å². The molecule has 38 heavy (non-hydrogen) atoms.